The molecular formula is C26H30ClN3O5S. The number of carbonyl (C=O) groups is 1. The van der Waals surface area contributed by atoms with Crippen LogP contribution in [0.3, 0.4) is 0 Å². The van der Waals surface area contributed by atoms with E-state index < -0.39 is 15.7 Å². The molecule has 1 aromatic heterocycles. The van der Waals surface area contributed by atoms with Crippen LogP contribution in [-0.4, -0.2) is 62.1 Å². The van der Waals surface area contributed by atoms with Crippen molar-refractivity contribution >= 4 is 38.2 Å². The van der Waals surface area contributed by atoms with E-state index in [4.69, 9.17) is 16.3 Å². The monoisotopic (exact) mass is 531 g/mol. The normalized spacial score (nSPS) is 14.7. The first-order valence-electron chi connectivity index (χ1n) is 11.9. The Labute approximate surface area is 215 Å². The Morgan fingerprint density at radius 1 is 1.08 bits per heavy atom. The minimum absolute atomic E-state index is 0.0217. The zero-order valence-corrected chi connectivity index (χ0v) is 21.8. The maximum atomic E-state index is 13.4. The molecule has 1 saturated heterocycles. The summed E-state index contributed by atoms with van der Waals surface area (Å²) in [6.45, 7) is 4.29. The van der Waals surface area contributed by atoms with E-state index in [9.17, 15) is 18.0 Å². The summed E-state index contributed by atoms with van der Waals surface area (Å²) in [7, 11) is -3.13. The van der Waals surface area contributed by atoms with Crippen molar-refractivity contribution in [1.82, 2.24) is 14.8 Å². The number of rotatable bonds is 9. The van der Waals surface area contributed by atoms with Gasteiger partial charge >= 0.3 is 0 Å². The van der Waals surface area contributed by atoms with Crippen LogP contribution in [-0.2, 0) is 34.2 Å². The lowest BCUT2D eigenvalue weighted by Gasteiger charge is -2.26. The number of nitrogens with zero attached hydrogens (tertiary/aromatic N) is 2. The average molecular weight is 532 g/mol. The Balaban J connectivity index is 1.64. The van der Waals surface area contributed by atoms with Gasteiger partial charge in [0.25, 0.3) is 5.91 Å². The molecule has 1 fully saturated rings. The van der Waals surface area contributed by atoms with Crippen molar-refractivity contribution in [2.24, 2.45) is 0 Å². The van der Waals surface area contributed by atoms with Crippen LogP contribution in [0.25, 0.3) is 10.9 Å². The third-order valence-corrected chi connectivity index (χ3v) is 7.46. The van der Waals surface area contributed by atoms with Gasteiger partial charge in [0.2, 0.25) is 5.43 Å². The van der Waals surface area contributed by atoms with E-state index in [2.05, 4.69) is 10.2 Å². The van der Waals surface area contributed by atoms with Gasteiger partial charge < -0.3 is 14.6 Å². The molecule has 10 heteroatoms. The fourth-order valence-corrected chi connectivity index (χ4v) is 5.06. The molecule has 0 saturated carbocycles. The quantitative estimate of drug-likeness (QED) is 0.456. The smallest absolute Gasteiger partial charge is 0.257 e. The second-order valence-corrected chi connectivity index (χ2v) is 11.8. The maximum absolute atomic E-state index is 13.4. The Bertz CT molecular complexity index is 1400. The van der Waals surface area contributed by atoms with Gasteiger partial charge in [-0.05, 0) is 41.8 Å². The number of sulfone groups is 1. The van der Waals surface area contributed by atoms with Crippen LogP contribution < -0.4 is 10.7 Å². The first-order valence-corrected chi connectivity index (χ1v) is 14.3. The zero-order chi connectivity index (χ0) is 25.7. The number of hydrogen-bond acceptors (Lipinski definition) is 6. The Morgan fingerprint density at radius 2 is 1.78 bits per heavy atom. The SMILES string of the molecule is CS(=O)(=O)CCCn1cc(C(=O)NCc2ccc(Cl)cc2)c(=O)c2cc(CN3CCOCC3)ccc21. The molecule has 0 bridgehead atoms. The van der Waals surface area contributed by atoms with E-state index in [1.165, 1.54) is 12.5 Å². The highest BCUT2D eigenvalue weighted by atomic mass is 35.5. The van der Waals surface area contributed by atoms with Gasteiger partial charge in [-0.3, -0.25) is 14.5 Å². The second-order valence-electron chi connectivity index (χ2n) is 9.10. The molecule has 2 heterocycles. The van der Waals surface area contributed by atoms with E-state index in [0.29, 0.717) is 48.6 Å². The number of pyridine rings is 1. The molecule has 1 aliphatic rings. The number of aryl methyl sites for hydroxylation is 1. The highest BCUT2D eigenvalue weighted by Crippen LogP contribution is 2.18. The molecule has 3 aromatic rings. The maximum Gasteiger partial charge on any atom is 0.257 e. The third kappa shape index (κ3) is 6.94. The molecule has 1 N–H and O–H groups in total. The van der Waals surface area contributed by atoms with Gasteiger partial charge in [0.05, 0.1) is 24.5 Å². The average Bonchev–Trinajstić information content (AvgIpc) is 2.85. The van der Waals surface area contributed by atoms with Gasteiger partial charge in [0, 0.05) is 55.6 Å². The number of aromatic nitrogens is 1. The first-order chi connectivity index (χ1) is 17.2. The number of ether oxygens (including phenoxy) is 1. The summed E-state index contributed by atoms with van der Waals surface area (Å²) in [5.41, 5.74) is 2.19. The first kappa shape index (κ1) is 26.3. The molecule has 192 valence electrons. The van der Waals surface area contributed by atoms with E-state index in [1.807, 2.05) is 30.3 Å². The van der Waals surface area contributed by atoms with Crippen LogP contribution in [0.2, 0.25) is 5.02 Å². The number of morpholine rings is 1. The van der Waals surface area contributed by atoms with Crippen LogP contribution in [0, 0.1) is 0 Å². The van der Waals surface area contributed by atoms with E-state index in [0.717, 1.165) is 24.2 Å². The molecule has 8 nitrogen and oxygen atoms in total. The van der Waals surface area contributed by atoms with Crippen LogP contribution in [0.1, 0.15) is 27.9 Å². The molecule has 2 aromatic carbocycles. The number of benzene rings is 2. The predicted octanol–water partition coefficient (Wildman–Crippen LogP) is 2.85. The molecule has 1 aliphatic heterocycles. The molecule has 0 spiro atoms. The number of carbonyl (C=O) groups excluding carboxylic acids is 1. The predicted molar refractivity (Wildman–Crippen MR) is 141 cm³/mol. The lowest BCUT2D eigenvalue weighted by atomic mass is 10.1. The number of nitrogens with one attached hydrogen (secondary N) is 1. The summed E-state index contributed by atoms with van der Waals surface area (Å²) in [6.07, 6.45) is 3.11. The number of fused-ring (bicyclic) bond motifs is 1. The molecule has 4 rings (SSSR count). The largest absolute Gasteiger partial charge is 0.379 e. The summed E-state index contributed by atoms with van der Waals surface area (Å²) in [6, 6.07) is 12.8. The summed E-state index contributed by atoms with van der Waals surface area (Å²) >= 11 is 5.93. The van der Waals surface area contributed by atoms with Crippen LogP contribution in [0.4, 0.5) is 0 Å². The summed E-state index contributed by atoms with van der Waals surface area (Å²) < 4.78 is 30.5. The zero-order valence-electron chi connectivity index (χ0n) is 20.2. The molecular weight excluding hydrogens is 502 g/mol. The van der Waals surface area contributed by atoms with Crippen molar-refractivity contribution in [3.8, 4) is 0 Å². The topological polar surface area (TPSA) is 97.7 Å². The number of hydrogen-bond donors (Lipinski definition) is 1. The van der Waals surface area contributed by atoms with Crippen LogP contribution >= 0.6 is 11.6 Å². The van der Waals surface area contributed by atoms with Gasteiger partial charge in [0.1, 0.15) is 15.4 Å². The molecule has 0 atom stereocenters. The minimum atomic E-state index is -3.13. The van der Waals surface area contributed by atoms with Gasteiger partial charge in [-0.25, -0.2) is 8.42 Å². The van der Waals surface area contributed by atoms with Crippen molar-refractivity contribution in [3.63, 3.8) is 0 Å². The second kappa shape index (κ2) is 11.6. The molecule has 0 aliphatic carbocycles. The summed E-state index contributed by atoms with van der Waals surface area (Å²) in [5, 5.41) is 3.86. The standard InChI is InChI=1S/C26H30ClN3O5S/c1-36(33,34)14-2-9-30-18-23(26(32)28-16-19-3-6-21(27)7-4-19)25(31)22-15-20(5-8-24(22)30)17-29-10-12-35-13-11-29/h3-8,15,18H,2,9-14,16-17H2,1H3,(H,28,32). The lowest BCUT2D eigenvalue weighted by Crippen LogP contribution is -2.35. The Morgan fingerprint density at radius 3 is 2.47 bits per heavy atom. The van der Waals surface area contributed by atoms with Crippen molar-refractivity contribution in [2.45, 2.75) is 26.1 Å². The molecule has 36 heavy (non-hydrogen) atoms. The fourth-order valence-electron chi connectivity index (χ4n) is 4.28. The van der Waals surface area contributed by atoms with E-state index in [-0.39, 0.29) is 23.3 Å². The highest BCUT2D eigenvalue weighted by Gasteiger charge is 2.17. The van der Waals surface area contributed by atoms with Crippen molar-refractivity contribution < 1.29 is 17.9 Å². The van der Waals surface area contributed by atoms with Crippen molar-refractivity contribution in [3.05, 3.63) is 80.6 Å². The Kier molecular flexibility index (Phi) is 8.46. The van der Waals surface area contributed by atoms with Gasteiger partial charge in [-0.1, -0.05) is 29.8 Å². The third-order valence-electron chi connectivity index (χ3n) is 6.18. The van der Waals surface area contributed by atoms with E-state index >= 15 is 0 Å². The summed E-state index contributed by atoms with van der Waals surface area (Å²) in [5.74, 6) is -0.458. The summed E-state index contributed by atoms with van der Waals surface area (Å²) in [4.78, 5) is 28.8. The van der Waals surface area contributed by atoms with Crippen molar-refractivity contribution in [2.75, 3.05) is 38.3 Å². The molecule has 1 amide bonds. The Hall–Kier alpha value is -2.72. The number of halogens is 1. The molecule has 0 unspecified atom stereocenters. The highest BCUT2D eigenvalue weighted by molar-refractivity contribution is 7.90. The van der Waals surface area contributed by atoms with Crippen molar-refractivity contribution in [1.29, 1.82) is 0 Å². The van der Waals surface area contributed by atoms with Crippen LogP contribution in [0.5, 0.6) is 0 Å². The van der Waals surface area contributed by atoms with Crippen LogP contribution in [0.15, 0.2) is 53.5 Å². The lowest BCUT2D eigenvalue weighted by molar-refractivity contribution is 0.0342. The fraction of sp³-hybridized carbons (Fsp3) is 0.385. The minimum Gasteiger partial charge on any atom is -0.379 e. The molecule has 0 radical (unpaired) electrons. The van der Waals surface area contributed by atoms with Gasteiger partial charge in [-0.15, -0.1) is 0 Å². The van der Waals surface area contributed by atoms with Gasteiger partial charge in [0.15, 0.2) is 0 Å². The van der Waals surface area contributed by atoms with E-state index in [1.54, 1.807) is 16.7 Å². The number of amides is 1. The van der Waals surface area contributed by atoms with Gasteiger partial charge in [-0.2, -0.15) is 0 Å².